The molecule has 2 atom stereocenters. The first-order valence-electron chi connectivity index (χ1n) is 6.58. The van der Waals surface area contributed by atoms with Crippen LogP contribution in [0, 0.1) is 19.8 Å². The standard InChI is InChI=1S/C14H24N2O2S/c1-6-10(3)12(5)16-19(17,18)14-8-9(2)7-13(15)11(14)4/h7-8,10,12,16H,6,15H2,1-5H3. The molecular weight excluding hydrogens is 260 g/mol. The second kappa shape index (κ2) is 5.92. The van der Waals surface area contributed by atoms with Crippen molar-refractivity contribution in [2.45, 2.75) is 52.0 Å². The Bertz CT molecular complexity index is 553. The van der Waals surface area contributed by atoms with Crippen LogP contribution in [0.1, 0.15) is 38.3 Å². The number of aryl methyl sites for hydroxylation is 1. The Kier molecular flexibility index (Phi) is 4.98. The molecule has 108 valence electrons. The molecule has 0 radical (unpaired) electrons. The van der Waals surface area contributed by atoms with Crippen molar-refractivity contribution in [2.24, 2.45) is 5.92 Å². The minimum Gasteiger partial charge on any atom is -0.398 e. The van der Waals surface area contributed by atoms with Gasteiger partial charge < -0.3 is 5.73 Å². The number of rotatable bonds is 5. The molecule has 2 unspecified atom stereocenters. The zero-order valence-corrected chi connectivity index (χ0v) is 13.1. The maximum absolute atomic E-state index is 12.4. The fourth-order valence-electron chi connectivity index (χ4n) is 1.91. The maximum Gasteiger partial charge on any atom is 0.241 e. The van der Waals surface area contributed by atoms with E-state index in [1.165, 1.54) is 0 Å². The quantitative estimate of drug-likeness (QED) is 0.816. The predicted octanol–water partition coefficient (Wildman–Crippen LogP) is 2.60. The number of anilines is 1. The molecule has 1 rings (SSSR count). The van der Waals surface area contributed by atoms with E-state index in [1.807, 2.05) is 27.7 Å². The first-order chi connectivity index (χ1) is 8.69. The molecule has 5 heteroatoms. The van der Waals surface area contributed by atoms with Crippen LogP contribution < -0.4 is 10.5 Å². The summed E-state index contributed by atoms with van der Waals surface area (Å²) in [5, 5.41) is 0. The fourth-order valence-corrected chi connectivity index (χ4v) is 3.62. The number of nitrogens with two attached hydrogens (primary N) is 1. The minimum atomic E-state index is -3.52. The van der Waals surface area contributed by atoms with Gasteiger partial charge in [-0.05, 0) is 49.9 Å². The summed E-state index contributed by atoms with van der Waals surface area (Å²) in [6, 6.07) is 3.35. The van der Waals surface area contributed by atoms with Gasteiger partial charge in [0.25, 0.3) is 0 Å². The van der Waals surface area contributed by atoms with Crippen LogP contribution in [0.25, 0.3) is 0 Å². The Balaban J connectivity index is 3.14. The molecule has 0 spiro atoms. The van der Waals surface area contributed by atoms with Gasteiger partial charge in [-0.15, -0.1) is 0 Å². The van der Waals surface area contributed by atoms with E-state index in [0.29, 0.717) is 11.3 Å². The summed E-state index contributed by atoms with van der Waals surface area (Å²) in [5.41, 5.74) is 7.81. The van der Waals surface area contributed by atoms with E-state index in [4.69, 9.17) is 5.73 Å². The molecule has 0 fully saturated rings. The SMILES string of the molecule is CCC(C)C(C)NS(=O)(=O)c1cc(C)cc(N)c1C. The second-order valence-electron chi connectivity index (χ2n) is 5.27. The van der Waals surface area contributed by atoms with Crippen LogP contribution in [0.15, 0.2) is 17.0 Å². The van der Waals surface area contributed by atoms with Crippen LogP contribution >= 0.6 is 0 Å². The number of nitrogens with one attached hydrogen (secondary N) is 1. The van der Waals surface area contributed by atoms with Crippen LogP contribution in [0.2, 0.25) is 0 Å². The third kappa shape index (κ3) is 3.70. The topological polar surface area (TPSA) is 72.2 Å². The summed E-state index contributed by atoms with van der Waals surface area (Å²) in [4.78, 5) is 0.278. The van der Waals surface area contributed by atoms with E-state index in [2.05, 4.69) is 4.72 Å². The largest absolute Gasteiger partial charge is 0.398 e. The monoisotopic (exact) mass is 284 g/mol. The summed E-state index contributed by atoms with van der Waals surface area (Å²) in [6.45, 7) is 9.54. The molecule has 1 aromatic carbocycles. The lowest BCUT2D eigenvalue weighted by Gasteiger charge is -2.21. The van der Waals surface area contributed by atoms with E-state index >= 15 is 0 Å². The first-order valence-corrected chi connectivity index (χ1v) is 8.06. The molecule has 0 aliphatic carbocycles. The summed E-state index contributed by atoms with van der Waals surface area (Å²) in [6.07, 6.45) is 0.929. The van der Waals surface area contributed by atoms with Crippen LogP contribution in [0.4, 0.5) is 5.69 Å². The highest BCUT2D eigenvalue weighted by molar-refractivity contribution is 7.89. The van der Waals surface area contributed by atoms with Crippen molar-refractivity contribution in [3.63, 3.8) is 0 Å². The molecule has 0 bridgehead atoms. The summed E-state index contributed by atoms with van der Waals surface area (Å²) >= 11 is 0. The fraction of sp³-hybridized carbons (Fsp3) is 0.571. The van der Waals surface area contributed by atoms with Gasteiger partial charge in [0.05, 0.1) is 4.90 Å². The predicted molar refractivity (Wildman–Crippen MR) is 79.6 cm³/mol. The Morgan fingerprint density at radius 3 is 2.37 bits per heavy atom. The molecule has 3 N–H and O–H groups in total. The zero-order valence-electron chi connectivity index (χ0n) is 12.3. The van der Waals surface area contributed by atoms with Gasteiger partial charge in [-0.3, -0.25) is 0 Å². The van der Waals surface area contributed by atoms with Crippen LogP contribution in [-0.2, 0) is 10.0 Å². The lowest BCUT2D eigenvalue weighted by molar-refractivity contribution is 0.434. The summed E-state index contributed by atoms with van der Waals surface area (Å²) in [5.74, 6) is 0.289. The number of nitrogen functional groups attached to an aromatic ring is 1. The van der Waals surface area contributed by atoms with Crippen molar-refractivity contribution < 1.29 is 8.42 Å². The molecule has 1 aromatic rings. The van der Waals surface area contributed by atoms with Crippen molar-refractivity contribution in [3.8, 4) is 0 Å². The van der Waals surface area contributed by atoms with Gasteiger partial charge in [0.1, 0.15) is 0 Å². The summed E-state index contributed by atoms with van der Waals surface area (Å²) in [7, 11) is -3.52. The highest BCUT2D eigenvalue weighted by atomic mass is 32.2. The average Bonchev–Trinajstić information content (AvgIpc) is 2.31. The van der Waals surface area contributed by atoms with Gasteiger partial charge in [0.15, 0.2) is 0 Å². The molecule has 0 saturated carbocycles. The third-order valence-electron chi connectivity index (χ3n) is 3.67. The molecule has 0 aromatic heterocycles. The van der Waals surface area contributed by atoms with E-state index in [9.17, 15) is 8.42 Å². The number of hydrogen-bond donors (Lipinski definition) is 2. The lowest BCUT2D eigenvalue weighted by atomic mass is 10.0. The maximum atomic E-state index is 12.4. The van der Waals surface area contributed by atoms with Gasteiger partial charge in [-0.2, -0.15) is 0 Å². The average molecular weight is 284 g/mol. The Morgan fingerprint density at radius 1 is 1.26 bits per heavy atom. The molecule has 0 aliphatic heterocycles. The highest BCUT2D eigenvalue weighted by Gasteiger charge is 2.23. The third-order valence-corrected chi connectivity index (χ3v) is 5.36. The Labute approximate surface area is 116 Å². The summed E-state index contributed by atoms with van der Waals surface area (Å²) < 4.78 is 27.6. The highest BCUT2D eigenvalue weighted by Crippen LogP contribution is 2.23. The van der Waals surface area contributed by atoms with Crippen molar-refractivity contribution in [3.05, 3.63) is 23.3 Å². The molecule has 4 nitrogen and oxygen atoms in total. The molecule has 19 heavy (non-hydrogen) atoms. The minimum absolute atomic E-state index is 0.101. The van der Waals surface area contributed by atoms with E-state index in [1.54, 1.807) is 19.1 Å². The Morgan fingerprint density at radius 2 is 1.84 bits per heavy atom. The molecule has 0 heterocycles. The normalized spacial score (nSPS) is 15.2. The van der Waals surface area contributed by atoms with Crippen molar-refractivity contribution >= 4 is 15.7 Å². The Hall–Kier alpha value is -1.07. The molecular formula is C14H24N2O2S. The van der Waals surface area contributed by atoms with Crippen molar-refractivity contribution in [1.82, 2.24) is 4.72 Å². The van der Waals surface area contributed by atoms with Crippen LogP contribution in [0.3, 0.4) is 0 Å². The molecule has 0 amide bonds. The smallest absolute Gasteiger partial charge is 0.241 e. The van der Waals surface area contributed by atoms with Crippen molar-refractivity contribution in [1.29, 1.82) is 0 Å². The van der Waals surface area contributed by atoms with Gasteiger partial charge >= 0.3 is 0 Å². The van der Waals surface area contributed by atoms with E-state index in [-0.39, 0.29) is 16.9 Å². The number of sulfonamides is 1. The lowest BCUT2D eigenvalue weighted by Crippen LogP contribution is -2.37. The van der Waals surface area contributed by atoms with E-state index < -0.39 is 10.0 Å². The van der Waals surface area contributed by atoms with Crippen LogP contribution in [0.5, 0.6) is 0 Å². The van der Waals surface area contributed by atoms with E-state index in [0.717, 1.165) is 12.0 Å². The second-order valence-corrected chi connectivity index (χ2v) is 6.96. The zero-order chi connectivity index (χ0) is 14.8. The van der Waals surface area contributed by atoms with Gasteiger partial charge in [-0.25, -0.2) is 13.1 Å². The molecule has 0 saturated heterocycles. The van der Waals surface area contributed by atoms with Gasteiger partial charge in [0.2, 0.25) is 10.0 Å². The number of hydrogen-bond acceptors (Lipinski definition) is 3. The van der Waals surface area contributed by atoms with Gasteiger partial charge in [-0.1, -0.05) is 20.3 Å². The number of benzene rings is 1. The van der Waals surface area contributed by atoms with Gasteiger partial charge in [0, 0.05) is 11.7 Å². The first kappa shape index (κ1) is 16.0. The molecule has 0 aliphatic rings. The van der Waals surface area contributed by atoms with Crippen molar-refractivity contribution in [2.75, 3.05) is 5.73 Å². The van der Waals surface area contributed by atoms with Crippen LogP contribution in [-0.4, -0.2) is 14.5 Å².